The van der Waals surface area contributed by atoms with Gasteiger partial charge >= 0.3 is 0 Å². The predicted octanol–water partition coefficient (Wildman–Crippen LogP) is 5.42. The molecule has 6 heteroatoms. The smallest absolute Gasteiger partial charge is 0.0997 e. The van der Waals surface area contributed by atoms with E-state index >= 15 is 0 Å². The molecular formula is C22H32Cl2N4. The van der Waals surface area contributed by atoms with Gasteiger partial charge in [0, 0.05) is 31.2 Å². The van der Waals surface area contributed by atoms with E-state index in [9.17, 15) is 0 Å². The van der Waals surface area contributed by atoms with Gasteiger partial charge in [0.25, 0.3) is 0 Å². The summed E-state index contributed by atoms with van der Waals surface area (Å²) in [5.41, 5.74) is 4.55. The van der Waals surface area contributed by atoms with E-state index in [1.54, 1.807) is 6.08 Å². The molecule has 0 saturated carbocycles. The average Bonchev–Trinajstić information content (AvgIpc) is 2.67. The fourth-order valence-corrected chi connectivity index (χ4v) is 3.33. The summed E-state index contributed by atoms with van der Waals surface area (Å²) in [4.78, 5) is 2.41. The number of allylic oxidation sites excluding steroid dienone is 5. The van der Waals surface area contributed by atoms with Crippen LogP contribution in [-0.2, 0) is 0 Å². The number of nitrogens with zero attached hydrogens (tertiary/aromatic N) is 1. The normalized spacial score (nSPS) is 17.7. The number of hydrogen-bond acceptors (Lipinski definition) is 4. The Morgan fingerprint density at radius 3 is 2.36 bits per heavy atom. The van der Waals surface area contributed by atoms with Crippen molar-refractivity contribution in [3.05, 3.63) is 70.7 Å². The van der Waals surface area contributed by atoms with E-state index in [2.05, 4.69) is 35.6 Å². The van der Waals surface area contributed by atoms with Gasteiger partial charge in [0.1, 0.15) is 0 Å². The lowest BCUT2D eigenvalue weighted by Crippen LogP contribution is -2.43. The van der Waals surface area contributed by atoms with Gasteiger partial charge in [-0.1, -0.05) is 60.2 Å². The first-order valence-electron chi connectivity index (χ1n) is 9.46. The first-order valence-corrected chi connectivity index (χ1v) is 10.3. The van der Waals surface area contributed by atoms with Crippen LogP contribution >= 0.6 is 23.2 Å². The van der Waals surface area contributed by atoms with Crippen molar-refractivity contribution in [2.75, 3.05) is 19.6 Å². The minimum absolute atomic E-state index is 0.290. The molecule has 0 atom stereocenters. The molecule has 28 heavy (non-hydrogen) atoms. The molecule has 1 fully saturated rings. The first-order chi connectivity index (χ1) is 13.3. The molecule has 0 unspecified atom stereocenters. The summed E-state index contributed by atoms with van der Waals surface area (Å²) >= 11 is 12.2. The van der Waals surface area contributed by atoms with Gasteiger partial charge in [-0.15, -0.1) is 0 Å². The van der Waals surface area contributed by atoms with Gasteiger partial charge < -0.3 is 10.6 Å². The summed E-state index contributed by atoms with van der Waals surface area (Å²) in [6.07, 6.45) is 9.29. The molecule has 1 saturated heterocycles. The summed E-state index contributed by atoms with van der Waals surface area (Å²) in [6.45, 7) is 16.8. The van der Waals surface area contributed by atoms with Crippen LogP contribution in [-0.4, -0.2) is 36.3 Å². The predicted molar refractivity (Wildman–Crippen MR) is 124 cm³/mol. The second kappa shape index (κ2) is 12.7. The highest BCUT2D eigenvalue weighted by Gasteiger charge is 2.21. The van der Waals surface area contributed by atoms with E-state index < -0.39 is 0 Å². The zero-order chi connectivity index (χ0) is 21.1. The summed E-state index contributed by atoms with van der Waals surface area (Å²) in [7, 11) is 0. The monoisotopic (exact) mass is 422 g/mol. The molecule has 0 aliphatic carbocycles. The van der Waals surface area contributed by atoms with E-state index in [1.165, 1.54) is 11.1 Å². The molecule has 0 bridgehead atoms. The molecule has 3 N–H and O–H groups in total. The zero-order valence-electron chi connectivity index (χ0n) is 17.1. The second-order valence-corrected chi connectivity index (χ2v) is 7.52. The third-order valence-corrected chi connectivity index (χ3v) is 4.94. The Morgan fingerprint density at radius 2 is 1.86 bits per heavy atom. The van der Waals surface area contributed by atoms with Crippen molar-refractivity contribution in [2.45, 2.75) is 39.7 Å². The summed E-state index contributed by atoms with van der Waals surface area (Å²) in [5.74, 6) is 0. The Morgan fingerprint density at radius 1 is 1.21 bits per heavy atom. The average molecular weight is 423 g/mol. The minimum atomic E-state index is 0.290. The molecular weight excluding hydrogens is 391 g/mol. The molecule has 1 aliphatic heterocycles. The lowest BCUT2D eigenvalue weighted by Gasteiger charge is -2.33. The Kier molecular flexibility index (Phi) is 11.0. The molecule has 0 spiro atoms. The Labute approximate surface area is 179 Å². The van der Waals surface area contributed by atoms with Crippen molar-refractivity contribution < 1.29 is 0 Å². The molecule has 0 aromatic heterocycles. The summed E-state index contributed by atoms with van der Waals surface area (Å²) in [6, 6.07) is 0.313. The second-order valence-electron chi connectivity index (χ2n) is 6.90. The van der Waals surface area contributed by atoms with E-state index in [0.717, 1.165) is 32.5 Å². The van der Waals surface area contributed by atoms with Crippen LogP contribution in [0.2, 0.25) is 0 Å². The number of rotatable bonds is 10. The minimum Gasteiger partial charge on any atom is -0.381 e. The van der Waals surface area contributed by atoms with Crippen LogP contribution < -0.4 is 10.6 Å². The van der Waals surface area contributed by atoms with Crippen molar-refractivity contribution in [2.24, 2.45) is 0 Å². The van der Waals surface area contributed by atoms with Crippen molar-refractivity contribution in [3.8, 4) is 0 Å². The molecule has 0 radical (unpaired) electrons. The van der Waals surface area contributed by atoms with Crippen molar-refractivity contribution in [3.63, 3.8) is 0 Å². The molecule has 4 nitrogen and oxygen atoms in total. The molecule has 0 amide bonds. The van der Waals surface area contributed by atoms with E-state index in [0.29, 0.717) is 33.9 Å². The number of halogens is 2. The number of likely N-dealkylation sites (tertiary alicyclic amines) is 1. The maximum absolute atomic E-state index is 8.49. The molecule has 1 heterocycles. The number of hydrogen-bond donors (Lipinski definition) is 3. The molecule has 1 aliphatic rings. The van der Waals surface area contributed by atoms with Crippen LogP contribution in [0.4, 0.5) is 0 Å². The highest BCUT2D eigenvalue weighted by atomic mass is 35.5. The van der Waals surface area contributed by atoms with E-state index in [1.807, 2.05) is 32.1 Å². The van der Waals surface area contributed by atoms with Crippen LogP contribution in [0.3, 0.4) is 0 Å². The summed E-state index contributed by atoms with van der Waals surface area (Å²) < 4.78 is 0. The Hall–Kier alpha value is -1.75. The van der Waals surface area contributed by atoms with Gasteiger partial charge in [-0.05, 0) is 39.7 Å². The third kappa shape index (κ3) is 8.09. The lowest BCUT2D eigenvalue weighted by atomic mass is 10.0. The Balaban J connectivity index is 2.65. The highest BCUT2D eigenvalue weighted by molar-refractivity contribution is 6.34. The maximum Gasteiger partial charge on any atom is 0.0997 e. The van der Waals surface area contributed by atoms with Gasteiger partial charge in [0.15, 0.2) is 0 Å². The fourth-order valence-electron chi connectivity index (χ4n) is 2.93. The van der Waals surface area contributed by atoms with Gasteiger partial charge in [-0.3, -0.25) is 10.3 Å². The highest BCUT2D eigenvalue weighted by Crippen LogP contribution is 2.17. The Bertz CT molecular complexity index is 693. The molecule has 0 aromatic rings. The zero-order valence-corrected chi connectivity index (χ0v) is 18.6. The van der Waals surface area contributed by atoms with Gasteiger partial charge in [0.05, 0.1) is 27.8 Å². The topological polar surface area (TPSA) is 51.2 Å². The first kappa shape index (κ1) is 24.3. The van der Waals surface area contributed by atoms with Gasteiger partial charge in [-0.2, -0.15) is 0 Å². The van der Waals surface area contributed by atoms with Gasteiger partial charge in [0.2, 0.25) is 0 Å². The van der Waals surface area contributed by atoms with Crippen LogP contribution in [0.25, 0.3) is 0 Å². The van der Waals surface area contributed by atoms with Crippen molar-refractivity contribution >= 4 is 28.9 Å². The van der Waals surface area contributed by atoms with Crippen LogP contribution in [0, 0.1) is 5.41 Å². The van der Waals surface area contributed by atoms with Crippen LogP contribution in [0.1, 0.15) is 33.6 Å². The SMILES string of the molecule is C=C(C)CN1CCC(NC(=C)C(=N)/C(=C\C)NC(=C\Cl)/C(Cl)=C\C=C/C)CC1. The fraction of sp³-hybridized carbons (Fsp3) is 0.409. The quantitative estimate of drug-likeness (QED) is 0.250. The molecule has 154 valence electrons. The van der Waals surface area contributed by atoms with Crippen molar-refractivity contribution in [1.82, 2.24) is 15.5 Å². The standard InChI is InChI=1S/C22H32Cl2N4/c1-6-8-9-19(24)21(14-23)27-20(7-2)22(25)17(5)26-18-10-12-28(13-11-18)15-16(3)4/h6-9,14,18,25-27H,3,5,10-13,15H2,1-2,4H3/b8-6-,19-9+,20-7+,21-14-,25-22?. The largest absolute Gasteiger partial charge is 0.381 e. The lowest BCUT2D eigenvalue weighted by molar-refractivity contribution is 0.218. The molecule has 1 rings (SSSR count). The van der Waals surface area contributed by atoms with E-state index in [4.69, 9.17) is 28.6 Å². The number of piperidine rings is 1. The maximum atomic E-state index is 8.49. The third-order valence-electron chi connectivity index (χ3n) is 4.39. The van der Waals surface area contributed by atoms with Crippen LogP contribution in [0.15, 0.2) is 70.7 Å². The van der Waals surface area contributed by atoms with Crippen molar-refractivity contribution in [1.29, 1.82) is 5.41 Å². The van der Waals surface area contributed by atoms with E-state index in [-0.39, 0.29) is 0 Å². The number of nitrogens with one attached hydrogen (secondary N) is 3. The summed E-state index contributed by atoms with van der Waals surface area (Å²) in [5, 5.41) is 15.5. The van der Waals surface area contributed by atoms with Crippen LogP contribution in [0.5, 0.6) is 0 Å². The molecule has 0 aromatic carbocycles. The van der Waals surface area contributed by atoms with Gasteiger partial charge in [-0.25, -0.2) is 0 Å².